The number of aromatic nitrogens is 4. The molecular formula is C22H22N4OS2. The summed E-state index contributed by atoms with van der Waals surface area (Å²) in [7, 11) is 1.67. The van der Waals surface area contributed by atoms with Crippen LogP contribution >= 0.6 is 23.1 Å². The van der Waals surface area contributed by atoms with Crippen LogP contribution in [0.3, 0.4) is 0 Å². The molecule has 0 amide bonds. The maximum Gasteiger partial charge on any atom is 0.191 e. The van der Waals surface area contributed by atoms with Gasteiger partial charge in [0.25, 0.3) is 0 Å². The maximum absolute atomic E-state index is 5.34. The lowest BCUT2D eigenvalue weighted by molar-refractivity contribution is 0.415. The van der Waals surface area contributed by atoms with Crippen LogP contribution in [0.15, 0.2) is 59.1 Å². The van der Waals surface area contributed by atoms with Crippen LogP contribution in [0.25, 0.3) is 22.0 Å². The smallest absolute Gasteiger partial charge is 0.191 e. The van der Waals surface area contributed by atoms with E-state index in [9.17, 15) is 0 Å². The number of rotatable bonds is 7. The summed E-state index contributed by atoms with van der Waals surface area (Å²) in [5.74, 6) is 2.43. The Bertz CT molecular complexity index is 1100. The zero-order chi connectivity index (χ0) is 20.2. The van der Waals surface area contributed by atoms with Gasteiger partial charge in [0.15, 0.2) is 11.0 Å². The van der Waals surface area contributed by atoms with Gasteiger partial charge in [-0.05, 0) is 26.0 Å². The Morgan fingerprint density at radius 1 is 1.07 bits per heavy atom. The number of thioether (sulfide) groups is 1. The normalized spacial score (nSPS) is 11.0. The second kappa shape index (κ2) is 8.80. The molecule has 4 rings (SSSR count). The summed E-state index contributed by atoms with van der Waals surface area (Å²) in [6, 6.07) is 16.4. The van der Waals surface area contributed by atoms with E-state index in [1.54, 1.807) is 30.2 Å². The SMILES string of the molecule is CCn1c(SCc2csc(-c3ccc(C)cc3)n2)nnc1-c1cccc(OC)c1. The summed E-state index contributed by atoms with van der Waals surface area (Å²) in [5, 5.41) is 12.9. The highest BCUT2D eigenvalue weighted by Crippen LogP contribution is 2.30. The van der Waals surface area contributed by atoms with E-state index in [2.05, 4.69) is 58.3 Å². The lowest BCUT2D eigenvalue weighted by Gasteiger charge is -2.08. The number of nitrogens with zero attached hydrogens (tertiary/aromatic N) is 4. The van der Waals surface area contributed by atoms with Crippen molar-refractivity contribution in [2.45, 2.75) is 31.3 Å². The summed E-state index contributed by atoms with van der Waals surface area (Å²) >= 11 is 3.34. The second-order valence-corrected chi connectivity index (χ2v) is 8.38. The van der Waals surface area contributed by atoms with Crippen molar-refractivity contribution in [2.75, 3.05) is 7.11 Å². The first kappa shape index (κ1) is 19.7. The average Bonchev–Trinajstić information content (AvgIpc) is 3.39. The summed E-state index contributed by atoms with van der Waals surface area (Å²) in [6.07, 6.45) is 0. The van der Waals surface area contributed by atoms with Crippen LogP contribution in [0.2, 0.25) is 0 Å². The van der Waals surface area contributed by atoms with Crippen molar-refractivity contribution < 1.29 is 4.74 Å². The maximum atomic E-state index is 5.34. The largest absolute Gasteiger partial charge is 0.497 e. The van der Waals surface area contributed by atoms with Gasteiger partial charge in [0.1, 0.15) is 10.8 Å². The summed E-state index contributed by atoms with van der Waals surface area (Å²) in [5.41, 5.74) is 4.48. The topological polar surface area (TPSA) is 52.8 Å². The molecule has 2 heterocycles. The molecule has 29 heavy (non-hydrogen) atoms. The third-order valence-corrected chi connectivity index (χ3v) is 6.50. The number of methoxy groups -OCH3 is 1. The highest BCUT2D eigenvalue weighted by Gasteiger charge is 2.14. The molecule has 0 bridgehead atoms. The molecule has 2 aromatic heterocycles. The number of thiazole rings is 1. The molecular weight excluding hydrogens is 400 g/mol. The van der Waals surface area contributed by atoms with Crippen LogP contribution in [0.1, 0.15) is 18.2 Å². The molecule has 0 atom stereocenters. The van der Waals surface area contributed by atoms with Crippen LogP contribution in [0, 0.1) is 6.92 Å². The third-order valence-electron chi connectivity index (χ3n) is 4.56. The van der Waals surface area contributed by atoms with Crippen molar-refractivity contribution in [3.63, 3.8) is 0 Å². The fraction of sp³-hybridized carbons (Fsp3) is 0.227. The number of benzene rings is 2. The Kier molecular flexibility index (Phi) is 5.97. The van der Waals surface area contributed by atoms with Crippen molar-refractivity contribution >= 4 is 23.1 Å². The number of ether oxygens (including phenoxy) is 1. The molecule has 0 aliphatic rings. The predicted octanol–water partition coefficient (Wildman–Crippen LogP) is 5.70. The molecule has 7 heteroatoms. The highest BCUT2D eigenvalue weighted by atomic mass is 32.2. The third kappa shape index (κ3) is 4.36. The molecule has 0 radical (unpaired) electrons. The van der Waals surface area contributed by atoms with Crippen LogP contribution < -0.4 is 4.74 Å². The van der Waals surface area contributed by atoms with E-state index in [4.69, 9.17) is 9.72 Å². The first-order valence-electron chi connectivity index (χ1n) is 9.39. The molecule has 0 aliphatic heterocycles. The van der Waals surface area contributed by atoms with Crippen LogP contribution in [-0.2, 0) is 12.3 Å². The molecule has 0 spiro atoms. The van der Waals surface area contributed by atoms with E-state index in [-0.39, 0.29) is 0 Å². The molecule has 2 aromatic carbocycles. The van der Waals surface area contributed by atoms with Crippen LogP contribution in [0.4, 0.5) is 0 Å². The van der Waals surface area contributed by atoms with Gasteiger partial charge in [0, 0.05) is 28.8 Å². The molecule has 4 aromatic rings. The molecule has 0 fully saturated rings. The lowest BCUT2D eigenvalue weighted by Crippen LogP contribution is -2.00. The van der Waals surface area contributed by atoms with Crippen molar-refractivity contribution in [1.29, 1.82) is 0 Å². The van der Waals surface area contributed by atoms with Crippen LogP contribution in [0.5, 0.6) is 5.75 Å². The second-order valence-electron chi connectivity index (χ2n) is 6.58. The van der Waals surface area contributed by atoms with Gasteiger partial charge in [0.2, 0.25) is 0 Å². The van der Waals surface area contributed by atoms with Gasteiger partial charge in [-0.25, -0.2) is 4.98 Å². The standard InChI is InChI=1S/C22H22N4OS2/c1-4-26-20(17-6-5-7-19(12-17)27-3)24-25-22(26)29-14-18-13-28-21(23-18)16-10-8-15(2)9-11-16/h5-13H,4,14H2,1-3H3. The Labute approximate surface area is 178 Å². The van der Waals surface area contributed by atoms with Gasteiger partial charge in [-0.3, -0.25) is 0 Å². The van der Waals surface area contributed by atoms with Gasteiger partial charge in [-0.1, -0.05) is 53.7 Å². The molecule has 148 valence electrons. The fourth-order valence-electron chi connectivity index (χ4n) is 3.00. The molecule has 5 nitrogen and oxygen atoms in total. The fourth-order valence-corrected chi connectivity index (χ4v) is 4.82. The van der Waals surface area contributed by atoms with E-state index < -0.39 is 0 Å². The Hall–Kier alpha value is -2.64. The van der Waals surface area contributed by atoms with Gasteiger partial charge >= 0.3 is 0 Å². The molecule has 0 saturated heterocycles. The van der Waals surface area contributed by atoms with Crippen LogP contribution in [-0.4, -0.2) is 26.9 Å². The van der Waals surface area contributed by atoms with Gasteiger partial charge in [0.05, 0.1) is 12.8 Å². The Morgan fingerprint density at radius 3 is 2.66 bits per heavy atom. The quantitative estimate of drug-likeness (QED) is 0.358. The van der Waals surface area contributed by atoms with E-state index in [0.717, 1.165) is 50.9 Å². The molecule has 0 N–H and O–H groups in total. The van der Waals surface area contributed by atoms with Crippen molar-refractivity contribution in [1.82, 2.24) is 19.7 Å². The molecule has 0 aliphatic carbocycles. The summed E-state index contributed by atoms with van der Waals surface area (Å²) in [6.45, 7) is 5.00. The van der Waals surface area contributed by atoms with Crippen molar-refractivity contribution in [3.8, 4) is 27.7 Å². The number of hydrogen-bond donors (Lipinski definition) is 0. The number of aryl methyl sites for hydroxylation is 1. The average molecular weight is 423 g/mol. The molecule has 0 unspecified atom stereocenters. The first-order chi connectivity index (χ1) is 14.2. The van der Waals surface area contributed by atoms with E-state index >= 15 is 0 Å². The van der Waals surface area contributed by atoms with Crippen molar-refractivity contribution in [2.24, 2.45) is 0 Å². The first-order valence-corrected chi connectivity index (χ1v) is 11.3. The minimum Gasteiger partial charge on any atom is -0.497 e. The number of hydrogen-bond acceptors (Lipinski definition) is 6. The van der Waals surface area contributed by atoms with E-state index in [1.165, 1.54) is 5.56 Å². The van der Waals surface area contributed by atoms with Gasteiger partial charge in [-0.2, -0.15) is 0 Å². The Morgan fingerprint density at radius 2 is 1.90 bits per heavy atom. The minimum atomic E-state index is 0.763. The zero-order valence-corrected chi connectivity index (χ0v) is 18.3. The Balaban J connectivity index is 1.50. The summed E-state index contributed by atoms with van der Waals surface area (Å²) in [4.78, 5) is 4.79. The van der Waals surface area contributed by atoms with E-state index in [0.29, 0.717) is 0 Å². The lowest BCUT2D eigenvalue weighted by atomic mass is 10.2. The van der Waals surface area contributed by atoms with Crippen molar-refractivity contribution in [3.05, 3.63) is 65.2 Å². The minimum absolute atomic E-state index is 0.763. The van der Waals surface area contributed by atoms with Gasteiger partial charge in [-0.15, -0.1) is 21.5 Å². The highest BCUT2D eigenvalue weighted by molar-refractivity contribution is 7.98. The molecule has 0 saturated carbocycles. The summed E-state index contributed by atoms with van der Waals surface area (Å²) < 4.78 is 7.47. The van der Waals surface area contributed by atoms with Gasteiger partial charge < -0.3 is 9.30 Å². The predicted molar refractivity (Wildman–Crippen MR) is 120 cm³/mol. The monoisotopic (exact) mass is 422 g/mol. The zero-order valence-electron chi connectivity index (χ0n) is 16.6. The van der Waals surface area contributed by atoms with E-state index in [1.807, 2.05) is 24.3 Å².